The molecule has 2 atom stereocenters. The second-order valence-electron chi connectivity index (χ2n) is 12.4. The van der Waals surface area contributed by atoms with Crippen LogP contribution in [0.3, 0.4) is 0 Å². The molecule has 0 saturated carbocycles. The molecule has 0 spiro atoms. The Hall–Kier alpha value is 0.436. The first kappa shape index (κ1) is 37.4. The monoisotopic (exact) mass is 650 g/mol. The molecule has 0 aliphatic rings. The molecule has 0 radical (unpaired) electrons. The van der Waals surface area contributed by atoms with Crippen LogP contribution in [0.25, 0.3) is 0 Å². The van der Waals surface area contributed by atoms with Crippen LogP contribution in [-0.4, -0.2) is 59.9 Å². The van der Waals surface area contributed by atoms with Crippen LogP contribution >= 0.6 is 0 Å². The molecule has 0 N–H and O–H groups in total. The quantitative estimate of drug-likeness (QED) is 0.0384. The van der Waals surface area contributed by atoms with Crippen LogP contribution < -0.4 is 0 Å². The van der Waals surface area contributed by atoms with Gasteiger partial charge in [-0.15, -0.1) is 0 Å². The predicted molar refractivity (Wildman–Crippen MR) is 168 cm³/mol. The van der Waals surface area contributed by atoms with E-state index < -0.39 is 26.5 Å². The Balaban J connectivity index is 5.36. The van der Waals surface area contributed by atoms with Gasteiger partial charge in [0.2, 0.25) is 0 Å². The Kier molecular flexibility index (Phi) is 24.5. The standard InChI is InChI=1S/C19H39O4Si.3C4H9.Sn/c1-6-7-12-19(23-18-22-15-16-24(3,4)5)13-10-8-9-11-14-21-17-20-2;3*1-3-4-2;/h9,11,14,19H,6-8,10,12-13,15-18H2,1-5H3;3*1,3-4H2,2H3;/b14-11+;;;;/t19-;;;;/m0..../s1. The number of unbranched alkanes of at least 4 members (excludes halogenated alkanes) is 4. The summed E-state index contributed by atoms with van der Waals surface area (Å²) in [6.45, 7) is 18.2. The molecule has 6 heteroatoms. The molecule has 0 aliphatic heterocycles. The maximum atomic E-state index is 6.29. The van der Waals surface area contributed by atoms with E-state index >= 15 is 0 Å². The van der Waals surface area contributed by atoms with E-state index in [-0.39, 0.29) is 0 Å². The van der Waals surface area contributed by atoms with Gasteiger partial charge >= 0.3 is 239 Å². The van der Waals surface area contributed by atoms with Crippen LogP contribution in [0.4, 0.5) is 0 Å². The Morgan fingerprint density at radius 2 is 1.30 bits per heavy atom. The van der Waals surface area contributed by atoms with Gasteiger partial charge in [-0.2, -0.15) is 0 Å². The number of allylic oxidation sites excluding steroid dienone is 1. The first-order chi connectivity index (χ1) is 17.8. The molecule has 0 unspecified atom stereocenters. The Bertz CT molecular complexity index is 502. The van der Waals surface area contributed by atoms with Crippen molar-refractivity contribution < 1.29 is 18.9 Å². The van der Waals surface area contributed by atoms with Crippen molar-refractivity contribution in [1.29, 1.82) is 0 Å². The second-order valence-corrected chi connectivity index (χ2v) is 32.2. The third-order valence-corrected chi connectivity index (χ3v) is 26.9. The molecule has 4 nitrogen and oxygen atoms in total. The summed E-state index contributed by atoms with van der Waals surface area (Å²) in [4.78, 5) is 0. The number of methoxy groups -OCH3 is 1. The summed E-state index contributed by atoms with van der Waals surface area (Å²) < 4.78 is 28.4. The van der Waals surface area contributed by atoms with Gasteiger partial charge < -0.3 is 0 Å². The SMILES string of the molecule is CCCC[C@@H](CCC[C@H](/C=C/OCOC)[Sn]([CH2]CCC)([CH2]CCC)[CH2]CCC)OCOCC[Si](C)(C)C. The van der Waals surface area contributed by atoms with Crippen LogP contribution in [0.15, 0.2) is 12.3 Å². The molecule has 0 rings (SSSR count). The van der Waals surface area contributed by atoms with Gasteiger partial charge in [0.1, 0.15) is 0 Å². The zero-order valence-corrected chi connectivity index (χ0v) is 30.2. The van der Waals surface area contributed by atoms with Crippen molar-refractivity contribution >= 4 is 26.5 Å². The van der Waals surface area contributed by atoms with Crippen LogP contribution in [-0.2, 0) is 18.9 Å². The number of ether oxygens (including phenoxy) is 4. The van der Waals surface area contributed by atoms with E-state index in [9.17, 15) is 0 Å². The van der Waals surface area contributed by atoms with E-state index in [4.69, 9.17) is 18.9 Å². The van der Waals surface area contributed by atoms with Gasteiger partial charge in [-0.1, -0.05) is 0 Å². The van der Waals surface area contributed by atoms with Crippen LogP contribution in [0.5, 0.6) is 0 Å². The first-order valence-electron chi connectivity index (χ1n) is 15.7. The third-order valence-electron chi connectivity index (χ3n) is 7.77. The van der Waals surface area contributed by atoms with Gasteiger partial charge in [0, 0.05) is 0 Å². The molecule has 0 bridgehead atoms. The Morgan fingerprint density at radius 1 is 0.730 bits per heavy atom. The predicted octanol–water partition coefficient (Wildman–Crippen LogP) is 10.4. The van der Waals surface area contributed by atoms with Crippen molar-refractivity contribution in [2.24, 2.45) is 0 Å². The zero-order chi connectivity index (χ0) is 27.8. The van der Waals surface area contributed by atoms with Crippen LogP contribution in [0.2, 0.25) is 42.9 Å². The first-order valence-corrected chi connectivity index (χ1v) is 27.2. The van der Waals surface area contributed by atoms with Crippen LogP contribution in [0.1, 0.15) is 105 Å². The van der Waals surface area contributed by atoms with Gasteiger partial charge in [-0.3, -0.25) is 0 Å². The summed E-state index contributed by atoms with van der Waals surface area (Å²) in [6, 6.07) is 1.21. The van der Waals surface area contributed by atoms with Crippen molar-refractivity contribution in [1.82, 2.24) is 0 Å². The van der Waals surface area contributed by atoms with Crippen molar-refractivity contribution in [2.75, 3.05) is 27.3 Å². The molecule has 0 aromatic carbocycles. The molecule has 222 valence electrons. The molecule has 0 heterocycles. The fraction of sp³-hybridized carbons (Fsp3) is 0.935. The summed E-state index contributed by atoms with van der Waals surface area (Å²) in [5.74, 6) is 0. The average molecular weight is 650 g/mol. The summed E-state index contributed by atoms with van der Waals surface area (Å²) in [7, 11) is 0.646. The molecular weight excluding hydrogens is 583 g/mol. The van der Waals surface area contributed by atoms with E-state index in [1.165, 1.54) is 83.6 Å². The van der Waals surface area contributed by atoms with Crippen LogP contribution in [0, 0.1) is 0 Å². The molecule has 37 heavy (non-hydrogen) atoms. The number of hydrogen-bond acceptors (Lipinski definition) is 4. The molecular formula is C31H66O4SiSn. The minimum atomic E-state index is -2.41. The normalized spacial score (nSPS) is 14.4. The molecule has 0 aliphatic carbocycles. The van der Waals surface area contributed by atoms with Crippen molar-refractivity contribution in [3.63, 3.8) is 0 Å². The minimum absolute atomic E-state index is 0.327. The van der Waals surface area contributed by atoms with Gasteiger partial charge in [0.25, 0.3) is 0 Å². The van der Waals surface area contributed by atoms with E-state index in [1.807, 2.05) is 6.26 Å². The average Bonchev–Trinajstić information content (AvgIpc) is 2.87. The summed E-state index contributed by atoms with van der Waals surface area (Å²) >= 11 is -2.41. The van der Waals surface area contributed by atoms with Gasteiger partial charge in [0.15, 0.2) is 0 Å². The van der Waals surface area contributed by atoms with E-state index in [0.717, 1.165) is 23.4 Å². The summed E-state index contributed by atoms with van der Waals surface area (Å²) in [6.07, 6.45) is 20.2. The molecule has 0 amide bonds. The number of hydrogen-bond donors (Lipinski definition) is 0. The molecule has 0 aromatic rings. The molecule has 0 saturated heterocycles. The fourth-order valence-corrected chi connectivity index (χ4v) is 24.1. The third kappa shape index (κ3) is 20.0. The van der Waals surface area contributed by atoms with E-state index in [1.54, 1.807) is 7.11 Å². The van der Waals surface area contributed by atoms with Gasteiger partial charge in [-0.25, -0.2) is 0 Å². The Labute approximate surface area is 237 Å². The van der Waals surface area contributed by atoms with Crippen molar-refractivity contribution in [3.8, 4) is 0 Å². The van der Waals surface area contributed by atoms with Crippen molar-refractivity contribution in [3.05, 3.63) is 12.3 Å². The zero-order valence-electron chi connectivity index (χ0n) is 26.4. The molecule has 0 aromatic heterocycles. The summed E-state index contributed by atoms with van der Waals surface area (Å²) in [5.41, 5.74) is 0. The van der Waals surface area contributed by atoms with E-state index in [2.05, 4.69) is 53.4 Å². The van der Waals surface area contributed by atoms with Gasteiger partial charge in [0.05, 0.1) is 0 Å². The van der Waals surface area contributed by atoms with E-state index in [0.29, 0.717) is 19.7 Å². The number of rotatable bonds is 27. The molecule has 0 fully saturated rings. The summed E-state index contributed by atoms with van der Waals surface area (Å²) in [5, 5.41) is 0. The Morgan fingerprint density at radius 3 is 1.81 bits per heavy atom. The van der Waals surface area contributed by atoms with Gasteiger partial charge in [-0.05, 0) is 0 Å². The fourth-order valence-electron chi connectivity index (χ4n) is 5.27. The topological polar surface area (TPSA) is 36.9 Å². The second kappa shape index (κ2) is 24.3. The van der Waals surface area contributed by atoms with Crippen molar-refractivity contribution in [2.45, 2.75) is 154 Å². The maximum absolute atomic E-state index is 6.29.